The smallest absolute Gasteiger partial charge is 0.194 e. The van der Waals surface area contributed by atoms with Gasteiger partial charge in [0.25, 0.3) is 0 Å². The second-order valence-corrected chi connectivity index (χ2v) is 8.19. The molecule has 2 saturated heterocycles. The van der Waals surface area contributed by atoms with E-state index in [2.05, 4.69) is 66.2 Å². The maximum Gasteiger partial charge on any atom is 0.194 e. The Kier molecular flexibility index (Phi) is 9.98. The van der Waals surface area contributed by atoms with Crippen LogP contribution in [0.3, 0.4) is 0 Å². The van der Waals surface area contributed by atoms with Crippen LogP contribution in [0.5, 0.6) is 0 Å². The van der Waals surface area contributed by atoms with Crippen LogP contribution >= 0.6 is 24.0 Å². The van der Waals surface area contributed by atoms with Crippen LogP contribution < -0.4 is 10.2 Å². The van der Waals surface area contributed by atoms with Gasteiger partial charge in [0.15, 0.2) is 5.96 Å². The SMILES string of the molecule is CCNC(=NCc1ccc(N(C)C)cc1C)N1CCC(CN2CCOCC2)C1.I. The number of benzene rings is 1. The predicted molar refractivity (Wildman–Crippen MR) is 133 cm³/mol. The number of aryl methyl sites for hydroxylation is 1. The number of aliphatic imine (C=N–C) groups is 1. The zero-order valence-corrected chi connectivity index (χ0v) is 20.8. The molecule has 1 N–H and O–H groups in total. The summed E-state index contributed by atoms with van der Waals surface area (Å²) in [5.41, 5.74) is 3.84. The Bertz CT molecular complexity index is 661. The van der Waals surface area contributed by atoms with Gasteiger partial charge in [-0.25, -0.2) is 4.99 Å². The van der Waals surface area contributed by atoms with Gasteiger partial charge in [-0.3, -0.25) is 4.90 Å². The third kappa shape index (κ3) is 7.00. The first-order valence-corrected chi connectivity index (χ1v) is 10.7. The van der Waals surface area contributed by atoms with E-state index in [1.165, 1.54) is 29.8 Å². The minimum absolute atomic E-state index is 0. The van der Waals surface area contributed by atoms with Crippen molar-refractivity contribution in [3.63, 3.8) is 0 Å². The van der Waals surface area contributed by atoms with Gasteiger partial charge >= 0.3 is 0 Å². The van der Waals surface area contributed by atoms with E-state index in [9.17, 15) is 0 Å². The first kappa shape index (κ1) is 24.2. The molecule has 1 unspecified atom stereocenters. The summed E-state index contributed by atoms with van der Waals surface area (Å²) in [6.07, 6.45) is 1.25. The monoisotopic (exact) mass is 515 g/mol. The van der Waals surface area contributed by atoms with Gasteiger partial charge in [0.05, 0.1) is 19.8 Å². The third-order valence-electron chi connectivity index (χ3n) is 5.78. The fourth-order valence-corrected chi connectivity index (χ4v) is 4.04. The molecule has 0 bridgehead atoms. The minimum atomic E-state index is 0. The molecule has 1 atom stereocenters. The number of nitrogens with one attached hydrogen (secondary N) is 1. The molecule has 164 valence electrons. The lowest BCUT2D eigenvalue weighted by molar-refractivity contribution is 0.0315. The van der Waals surface area contributed by atoms with Gasteiger partial charge in [-0.05, 0) is 49.4 Å². The molecule has 0 amide bonds. The van der Waals surface area contributed by atoms with Crippen molar-refractivity contribution >= 4 is 35.6 Å². The molecule has 6 nitrogen and oxygen atoms in total. The first-order valence-electron chi connectivity index (χ1n) is 10.7. The number of anilines is 1. The standard InChI is InChI=1S/C22H37N5O.HI/c1-5-23-22(24-15-20-6-7-21(25(3)4)14-18(20)2)27-9-8-19(17-27)16-26-10-12-28-13-11-26;/h6-7,14,19H,5,8-13,15-17H2,1-4H3,(H,23,24);1H. The molecule has 1 aromatic carbocycles. The molecule has 2 aliphatic heterocycles. The lowest BCUT2D eigenvalue weighted by Crippen LogP contribution is -2.42. The van der Waals surface area contributed by atoms with Crippen molar-refractivity contribution in [1.29, 1.82) is 0 Å². The Morgan fingerprint density at radius 1 is 1.24 bits per heavy atom. The van der Waals surface area contributed by atoms with Gasteiger partial charge in [0, 0.05) is 59.1 Å². The van der Waals surface area contributed by atoms with E-state index < -0.39 is 0 Å². The predicted octanol–water partition coefficient (Wildman–Crippen LogP) is 2.80. The van der Waals surface area contributed by atoms with E-state index in [1.54, 1.807) is 0 Å². The molecule has 2 fully saturated rings. The van der Waals surface area contributed by atoms with Crippen molar-refractivity contribution in [2.75, 3.05) is 71.5 Å². The number of rotatable bonds is 6. The summed E-state index contributed by atoms with van der Waals surface area (Å²) in [6, 6.07) is 6.63. The molecule has 0 radical (unpaired) electrons. The number of halogens is 1. The fraction of sp³-hybridized carbons (Fsp3) is 0.682. The highest BCUT2D eigenvalue weighted by atomic mass is 127. The Morgan fingerprint density at radius 2 is 2.00 bits per heavy atom. The van der Waals surface area contributed by atoms with E-state index in [0.29, 0.717) is 0 Å². The van der Waals surface area contributed by atoms with Gasteiger partial charge < -0.3 is 19.9 Å². The molecule has 2 heterocycles. The number of guanidine groups is 1. The second kappa shape index (κ2) is 12.0. The van der Waals surface area contributed by atoms with Crippen LogP contribution in [-0.2, 0) is 11.3 Å². The van der Waals surface area contributed by atoms with Gasteiger partial charge in [0.1, 0.15) is 0 Å². The average molecular weight is 515 g/mol. The van der Waals surface area contributed by atoms with E-state index >= 15 is 0 Å². The van der Waals surface area contributed by atoms with E-state index in [4.69, 9.17) is 9.73 Å². The maximum absolute atomic E-state index is 5.48. The molecule has 29 heavy (non-hydrogen) atoms. The highest BCUT2D eigenvalue weighted by molar-refractivity contribution is 14.0. The summed E-state index contributed by atoms with van der Waals surface area (Å²) in [4.78, 5) is 12.1. The van der Waals surface area contributed by atoms with Crippen LogP contribution in [0.4, 0.5) is 5.69 Å². The lowest BCUT2D eigenvalue weighted by Gasteiger charge is -2.29. The number of hydrogen-bond acceptors (Lipinski definition) is 4. The molecule has 0 aliphatic carbocycles. The molecular formula is C22H38IN5O. The maximum atomic E-state index is 5.48. The van der Waals surface area contributed by atoms with Gasteiger partial charge in [-0.1, -0.05) is 6.07 Å². The largest absolute Gasteiger partial charge is 0.379 e. The summed E-state index contributed by atoms with van der Waals surface area (Å²) < 4.78 is 5.48. The topological polar surface area (TPSA) is 43.3 Å². The molecule has 7 heteroatoms. The number of morpholine rings is 1. The third-order valence-corrected chi connectivity index (χ3v) is 5.78. The van der Waals surface area contributed by atoms with Gasteiger partial charge in [0.2, 0.25) is 0 Å². The molecule has 0 saturated carbocycles. The van der Waals surface area contributed by atoms with E-state index in [0.717, 1.165) is 64.4 Å². The Hall–Kier alpha value is -1.06. The van der Waals surface area contributed by atoms with E-state index in [-0.39, 0.29) is 24.0 Å². The quantitative estimate of drug-likeness (QED) is 0.359. The fourth-order valence-electron chi connectivity index (χ4n) is 4.04. The van der Waals surface area contributed by atoms with Crippen molar-refractivity contribution in [2.24, 2.45) is 10.9 Å². The number of nitrogens with zero attached hydrogens (tertiary/aromatic N) is 4. The van der Waals surface area contributed by atoms with Crippen LogP contribution in [0.25, 0.3) is 0 Å². The summed E-state index contributed by atoms with van der Waals surface area (Å²) in [5, 5.41) is 3.50. The number of hydrogen-bond donors (Lipinski definition) is 1. The van der Waals surface area contributed by atoms with Crippen LogP contribution in [0.15, 0.2) is 23.2 Å². The lowest BCUT2D eigenvalue weighted by atomic mass is 10.1. The molecular weight excluding hydrogens is 477 g/mol. The van der Waals surface area contributed by atoms with Crippen LogP contribution in [0.1, 0.15) is 24.5 Å². The van der Waals surface area contributed by atoms with Crippen LogP contribution in [0, 0.1) is 12.8 Å². The Labute approximate surface area is 193 Å². The van der Waals surface area contributed by atoms with Crippen molar-refractivity contribution in [3.05, 3.63) is 29.3 Å². The van der Waals surface area contributed by atoms with Crippen molar-refractivity contribution in [2.45, 2.75) is 26.8 Å². The second-order valence-electron chi connectivity index (χ2n) is 8.19. The Balaban J connectivity index is 0.00000300. The van der Waals surface area contributed by atoms with Crippen molar-refractivity contribution in [3.8, 4) is 0 Å². The molecule has 0 aromatic heterocycles. The highest BCUT2D eigenvalue weighted by Crippen LogP contribution is 2.20. The molecule has 2 aliphatic rings. The zero-order chi connectivity index (χ0) is 19.9. The number of likely N-dealkylation sites (tertiary alicyclic amines) is 1. The minimum Gasteiger partial charge on any atom is -0.379 e. The first-order chi connectivity index (χ1) is 13.6. The van der Waals surface area contributed by atoms with Crippen LogP contribution in [0.2, 0.25) is 0 Å². The summed E-state index contributed by atoms with van der Waals surface area (Å²) in [6.45, 7) is 13.3. The van der Waals surface area contributed by atoms with Crippen molar-refractivity contribution in [1.82, 2.24) is 15.1 Å². The van der Waals surface area contributed by atoms with Gasteiger partial charge in [-0.2, -0.15) is 0 Å². The normalized spacial score (nSPS) is 20.5. The molecule has 3 rings (SSSR count). The van der Waals surface area contributed by atoms with E-state index in [1.807, 2.05) is 0 Å². The molecule has 1 aromatic rings. The van der Waals surface area contributed by atoms with Crippen molar-refractivity contribution < 1.29 is 4.74 Å². The summed E-state index contributed by atoms with van der Waals surface area (Å²) >= 11 is 0. The molecule has 0 spiro atoms. The summed E-state index contributed by atoms with van der Waals surface area (Å²) in [5.74, 6) is 1.78. The Morgan fingerprint density at radius 3 is 2.66 bits per heavy atom. The number of ether oxygens (including phenoxy) is 1. The average Bonchev–Trinajstić information content (AvgIpc) is 3.15. The zero-order valence-electron chi connectivity index (χ0n) is 18.5. The highest BCUT2D eigenvalue weighted by Gasteiger charge is 2.27. The van der Waals surface area contributed by atoms with Gasteiger partial charge in [-0.15, -0.1) is 24.0 Å². The van der Waals surface area contributed by atoms with Crippen LogP contribution in [-0.4, -0.2) is 82.3 Å². The summed E-state index contributed by atoms with van der Waals surface area (Å²) in [7, 11) is 4.16.